The summed E-state index contributed by atoms with van der Waals surface area (Å²) in [4.78, 5) is 0. The fraction of sp³-hybridized carbons (Fsp3) is 0.167. The zero-order chi connectivity index (χ0) is 22.3. The standard InChI is InChI=1S/C24H25N8/c1-19-4-6-21(7-5-19)26-27-23-12-14-32(15-13-23)18-25-20-8-10-22(11-9-20)28-29-24-30(2)16-17-31(24)3/h4-17H,18H2,1-3H3/q+1/p+1. The number of imidazole rings is 1. The molecule has 160 valence electrons. The molecule has 2 aromatic carbocycles. The molecule has 8 nitrogen and oxygen atoms in total. The molecule has 0 bridgehead atoms. The van der Waals surface area contributed by atoms with Crippen LogP contribution in [0.2, 0.25) is 0 Å². The Kier molecular flexibility index (Phi) is 6.41. The summed E-state index contributed by atoms with van der Waals surface area (Å²) in [5, 5.41) is 20.6. The van der Waals surface area contributed by atoms with Crippen molar-refractivity contribution in [2.24, 2.45) is 34.6 Å². The molecule has 0 unspecified atom stereocenters. The van der Waals surface area contributed by atoms with E-state index >= 15 is 0 Å². The van der Waals surface area contributed by atoms with Crippen LogP contribution >= 0.6 is 0 Å². The number of aromatic nitrogens is 3. The molecule has 0 saturated carbocycles. The molecule has 32 heavy (non-hydrogen) atoms. The summed E-state index contributed by atoms with van der Waals surface area (Å²) in [5.41, 5.74) is 4.66. The van der Waals surface area contributed by atoms with Gasteiger partial charge in [0.15, 0.2) is 12.4 Å². The van der Waals surface area contributed by atoms with E-state index in [9.17, 15) is 0 Å². The lowest BCUT2D eigenvalue weighted by atomic mass is 10.2. The van der Waals surface area contributed by atoms with Crippen molar-refractivity contribution >= 4 is 28.7 Å². The molecule has 1 N–H and O–H groups in total. The minimum atomic E-state index is 0.634. The first-order chi connectivity index (χ1) is 15.6. The van der Waals surface area contributed by atoms with Crippen molar-refractivity contribution in [2.45, 2.75) is 13.6 Å². The fourth-order valence-corrected chi connectivity index (χ4v) is 3.00. The number of hydrogen-bond acceptors (Lipinski definition) is 5. The maximum absolute atomic E-state index is 4.32. The fourth-order valence-electron chi connectivity index (χ4n) is 3.00. The van der Waals surface area contributed by atoms with Crippen molar-refractivity contribution in [3.63, 3.8) is 0 Å². The third-order valence-electron chi connectivity index (χ3n) is 4.92. The van der Waals surface area contributed by atoms with E-state index in [1.165, 1.54) is 5.56 Å². The van der Waals surface area contributed by atoms with Gasteiger partial charge in [0.25, 0.3) is 0 Å². The highest BCUT2D eigenvalue weighted by Crippen LogP contribution is 2.19. The first kappa shape index (κ1) is 21.0. The van der Waals surface area contributed by atoms with Crippen LogP contribution in [0.15, 0.2) is 106 Å². The second kappa shape index (κ2) is 9.74. The minimum Gasteiger partial charge on any atom is -0.330 e. The van der Waals surface area contributed by atoms with Crippen LogP contribution in [-0.4, -0.2) is 4.57 Å². The Morgan fingerprint density at radius 2 is 1.31 bits per heavy atom. The third-order valence-corrected chi connectivity index (χ3v) is 4.92. The Bertz CT molecular complexity index is 1200. The maximum Gasteiger partial charge on any atom is 0.421 e. The van der Waals surface area contributed by atoms with Crippen LogP contribution in [0.3, 0.4) is 0 Å². The molecule has 2 heterocycles. The number of rotatable bonds is 7. The number of anilines is 1. The number of benzene rings is 2. The summed E-state index contributed by atoms with van der Waals surface area (Å²) in [6.07, 6.45) is 7.83. The topological polar surface area (TPSA) is 74.2 Å². The third kappa shape index (κ3) is 5.48. The molecule has 0 atom stereocenters. The lowest BCUT2D eigenvalue weighted by molar-refractivity contribution is -0.691. The van der Waals surface area contributed by atoms with Crippen molar-refractivity contribution in [3.05, 3.63) is 91.0 Å². The molecule has 4 rings (SSSR count). The summed E-state index contributed by atoms with van der Waals surface area (Å²) in [6, 6.07) is 19.7. The van der Waals surface area contributed by atoms with Crippen LogP contribution in [-0.2, 0) is 20.8 Å². The highest BCUT2D eigenvalue weighted by atomic mass is 15.3. The molecular weight excluding hydrogens is 400 g/mol. The van der Waals surface area contributed by atoms with Crippen LogP contribution in [0, 0.1) is 6.92 Å². The lowest BCUT2D eigenvalue weighted by Gasteiger charge is -2.03. The van der Waals surface area contributed by atoms with E-state index in [2.05, 4.69) is 32.7 Å². The quantitative estimate of drug-likeness (QED) is 0.314. The van der Waals surface area contributed by atoms with Crippen molar-refractivity contribution in [2.75, 3.05) is 5.32 Å². The van der Waals surface area contributed by atoms with Gasteiger partial charge in [-0.2, -0.15) is 14.8 Å². The van der Waals surface area contributed by atoms with Gasteiger partial charge in [-0.05, 0) is 43.3 Å². The van der Waals surface area contributed by atoms with E-state index in [1.807, 2.05) is 113 Å². The van der Waals surface area contributed by atoms with Crippen molar-refractivity contribution < 1.29 is 9.13 Å². The van der Waals surface area contributed by atoms with Gasteiger partial charge in [-0.15, -0.1) is 0 Å². The van der Waals surface area contributed by atoms with Crippen molar-refractivity contribution in [1.29, 1.82) is 0 Å². The van der Waals surface area contributed by atoms with E-state index in [1.54, 1.807) is 0 Å². The molecule has 0 amide bonds. The molecular formula is C24H26N8+2. The molecule has 0 radical (unpaired) electrons. The zero-order valence-electron chi connectivity index (χ0n) is 18.4. The van der Waals surface area contributed by atoms with Crippen molar-refractivity contribution in [3.8, 4) is 0 Å². The second-order valence-electron chi connectivity index (χ2n) is 7.51. The number of hydrogen-bond donors (Lipinski definition) is 1. The molecule has 0 aliphatic rings. The van der Waals surface area contributed by atoms with E-state index in [-0.39, 0.29) is 0 Å². The average Bonchev–Trinajstić information content (AvgIpc) is 3.14. The summed E-state index contributed by atoms with van der Waals surface area (Å²) in [5.74, 6) is 0.783. The van der Waals surface area contributed by atoms with Gasteiger partial charge >= 0.3 is 5.95 Å². The number of azo groups is 2. The predicted molar refractivity (Wildman–Crippen MR) is 123 cm³/mol. The average molecular weight is 427 g/mol. The molecule has 0 fully saturated rings. The van der Waals surface area contributed by atoms with Crippen LogP contribution in [0.5, 0.6) is 0 Å². The van der Waals surface area contributed by atoms with Crippen LogP contribution < -0.4 is 14.5 Å². The van der Waals surface area contributed by atoms with Gasteiger partial charge < -0.3 is 5.32 Å². The summed E-state index contributed by atoms with van der Waals surface area (Å²) in [7, 11) is 3.89. The summed E-state index contributed by atoms with van der Waals surface area (Å²) >= 11 is 0. The van der Waals surface area contributed by atoms with Gasteiger partial charge in [0, 0.05) is 22.9 Å². The van der Waals surface area contributed by atoms with Gasteiger partial charge in [-0.3, -0.25) is 0 Å². The monoisotopic (exact) mass is 426 g/mol. The molecule has 2 aromatic heterocycles. The molecule has 8 heteroatoms. The highest BCUT2D eigenvalue weighted by Gasteiger charge is 2.10. The van der Waals surface area contributed by atoms with Crippen LogP contribution in [0.1, 0.15) is 5.56 Å². The Balaban J connectivity index is 1.31. The van der Waals surface area contributed by atoms with Gasteiger partial charge in [0.2, 0.25) is 6.67 Å². The van der Waals surface area contributed by atoms with Crippen LogP contribution in [0.25, 0.3) is 0 Å². The van der Waals surface area contributed by atoms with E-state index < -0.39 is 0 Å². The summed E-state index contributed by atoms with van der Waals surface area (Å²) in [6.45, 7) is 2.69. The molecule has 0 aliphatic carbocycles. The smallest absolute Gasteiger partial charge is 0.330 e. The number of nitrogens with zero attached hydrogens (tertiary/aromatic N) is 7. The number of aryl methyl sites for hydroxylation is 3. The van der Waals surface area contributed by atoms with E-state index in [4.69, 9.17) is 0 Å². The number of pyridine rings is 1. The van der Waals surface area contributed by atoms with Gasteiger partial charge in [-0.1, -0.05) is 22.8 Å². The van der Waals surface area contributed by atoms with E-state index in [0.717, 1.165) is 28.7 Å². The Hall–Kier alpha value is -4.20. The van der Waals surface area contributed by atoms with Crippen molar-refractivity contribution in [1.82, 2.24) is 4.57 Å². The second-order valence-corrected chi connectivity index (χ2v) is 7.51. The number of nitrogens with one attached hydrogen (secondary N) is 1. The molecule has 0 saturated heterocycles. The first-order valence-corrected chi connectivity index (χ1v) is 10.3. The Labute approximate surface area is 187 Å². The van der Waals surface area contributed by atoms with Gasteiger partial charge in [0.05, 0.1) is 37.9 Å². The largest absolute Gasteiger partial charge is 0.421 e. The molecule has 0 spiro atoms. The highest BCUT2D eigenvalue weighted by molar-refractivity contribution is 5.50. The Morgan fingerprint density at radius 3 is 1.91 bits per heavy atom. The zero-order valence-corrected chi connectivity index (χ0v) is 18.4. The minimum absolute atomic E-state index is 0.634. The van der Waals surface area contributed by atoms with E-state index in [0.29, 0.717) is 6.67 Å². The first-order valence-electron chi connectivity index (χ1n) is 10.3. The van der Waals surface area contributed by atoms with Gasteiger partial charge in [0.1, 0.15) is 5.69 Å². The maximum atomic E-state index is 4.32. The predicted octanol–water partition coefficient (Wildman–Crippen LogP) is 5.35. The van der Waals surface area contributed by atoms with Gasteiger partial charge in [-0.25, -0.2) is 9.13 Å². The molecule has 4 aromatic rings. The normalized spacial score (nSPS) is 11.5. The SMILES string of the molecule is Cc1ccc(/N=N/c2cc[n+](CNc3ccc(/N=N/c4n(C)cc[n+]4C)cc3)cc2)cc1. The molecule has 0 aliphatic heterocycles. The lowest BCUT2D eigenvalue weighted by Crippen LogP contribution is -2.36. The Morgan fingerprint density at radius 1 is 0.750 bits per heavy atom. The summed E-state index contributed by atoms with van der Waals surface area (Å²) < 4.78 is 5.88. The van der Waals surface area contributed by atoms with Crippen LogP contribution in [0.4, 0.5) is 28.7 Å².